The zero-order chi connectivity index (χ0) is 13.8. The number of nitro benzene ring substituents is 1. The Morgan fingerprint density at radius 3 is 2.79 bits per heavy atom. The summed E-state index contributed by atoms with van der Waals surface area (Å²) >= 11 is 0. The molecule has 0 aliphatic heterocycles. The molecule has 1 aromatic carbocycles. The predicted octanol–water partition coefficient (Wildman–Crippen LogP) is 2.58. The molecular formula is C13H18N2O4. The van der Waals surface area contributed by atoms with Crippen molar-refractivity contribution in [3.63, 3.8) is 0 Å². The fourth-order valence-corrected chi connectivity index (χ4v) is 2.20. The number of anilines is 1. The second kappa shape index (κ2) is 5.88. The molecule has 104 valence electrons. The number of methoxy groups -OCH3 is 1. The maximum atomic E-state index is 10.8. The second-order valence-electron chi connectivity index (χ2n) is 4.53. The minimum Gasteiger partial charge on any atom is -0.495 e. The van der Waals surface area contributed by atoms with Gasteiger partial charge in [0.1, 0.15) is 5.75 Å². The van der Waals surface area contributed by atoms with E-state index >= 15 is 0 Å². The van der Waals surface area contributed by atoms with Crippen LogP contribution in [0.5, 0.6) is 5.75 Å². The molecule has 0 saturated heterocycles. The molecule has 0 amide bonds. The number of nitrogens with one attached hydrogen (secondary N) is 1. The van der Waals surface area contributed by atoms with Crippen molar-refractivity contribution in [2.75, 3.05) is 19.0 Å². The molecular weight excluding hydrogens is 248 g/mol. The zero-order valence-corrected chi connectivity index (χ0v) is 11.1. The lowest BCUT2D eigenvalue weighted by Crippen LogP contribution is -2.40. The monoisotopic (exact) mass is 266 g/mol. The van der Waals surface area contributed by atoms with Crippen molar-refractivity contribution in [2.45, 2.75) is 31.9 Å². The third-order valence-electron chi connectivity index (χ3n) is 3.25. The predicted molar refractivity (Wildman–Crippen MR) is 71.7 cm³/mol. The number of rotatable bonds is 6. The lowest BCUT2D eigenvalue weighted by atomic mass is 9.89. The van der Waals surface area contributed by atoms with Gasteiger partial charge in [-0.1, -0.05) is 0 Å². The minimum absolute atomic E-state index is 0.0592. The molecule has 1 N–H and O–H groups in total. The van der Waals surface area contributed by atoms with Gasteiger partial charge in [-0.2, -0.15) is 0 Å². The van der Waals surface area contributed by atoms with E-state index in [1.54, 1.807) is 13.2 Å². The molecule has 1 aromatic rings. The van der Waals surface area contributed by atoms with Crippen LogP contribution in [0.1, 0.15) is 19.8 Å². The summed E-state index contributed by atoms with van der Waals surface area (Å²) in [6.07, 6.45) is 2.13. The summed E-state index contributed by atoms with van der Waals surface area (Å²) in [6, 6.07) is 4.84. The van der Waals surface area contributed by atoms with Crippen molar-refractivity contribution >= 4 is 11.4 Å². The molecule has 19 heavy (non-hydrogen) atoms. The van der Waals surface area contributed by atoms with Crippen LogP contribution in [-0.4, -0.2) is 30.8 Å². The maximum absolute atomic E-state index is 10.8. The van der Waals surface area contributed by atoms with Gasteiger partial charge >= 0.3 is 0 Å². The van der Waals surface area contributed by atoms with Crippen LogP contribution in [0.4, 0.5) is 11.4 Å². The van der Waals surface area contributed by atoms with Gasteiger partial charge in [-0.3, -0.25) is 10.1 Å². The van der Waals surface area contributed by atoms with Crippen molar-refractivity contribution in [2.24, 2.45) is 0 Å². The molecule has 0 atom stereocenters. The number of nitro groups is 1. The summed E-state index contributed by atoms with van der Waals surface area (Å²) in [5, 5.41) is 14.0. The van der Waals surface area contributed by atoms with Crippen LogP contribution in [0.3, 0.4) is 0 Å². The number of hydrogen-bond acceptors (Lipinski definition) is 5. The third kappa shape index (κ3) is 3.14. The normalized spacial score (nSPS) is 21.6. The molecule has 0 bridgehead atoms. The SMILES string of the molecule is CCOC1CC(Nc2cc([N+](=O)[O-])ccc2OC)C1. The Labute approximate surface area is 111 Å². The standard InChI is InChI=1S/C13H18N2O4/c1-3-19-11-6-9(7-11)14-12-8-10(15(16)17)4-5-13(12)18-2/h4-5,8-9,11,14H,3,6-7H2,1-2H3. The average Bonchev–Trinajstić information content (AvgIpc) is 2.36. The van der Waals surface area contributed by atoms with Gasteiger partial charge in [-0.15, -0.1) is 0 Å². The van der Waals surface area contributed by atoms with E-state index in [-0.39, 0.29) is 11.7 Å². The lowest BCUT2D eigenvalue weighted by Gasteiger charge is -2.36. The first-order chi connectivity index (χ1) is 9.13. The van der Waals surface area contributed by atoms with Crippen molar-refractivity contribution < 1.29 is 14.4 Å². The van der Waals surface area contributed by atoms with Crippen LogP contribution in [0.2, 0.25) is 0 Å². The first kappa shape index (κ1) is 13.6. The van der Waals surface area contributed by atoms with Crippen LogP contribution in [-0.2, 0) is 4.74 Å². The molecule has 0 unspecified atom stereocenters. The quantitative estimate of drug-likeness (QED) is 0.632. The van der Waals surface area contributed by atoms with E-state index in [2.05, 4.69) is 5.32 Å². The molecule has 0 radical (unpaired) electrons. The Morgan fingerprint density at radius 1 is 1.47 bits per heavy atom. The summed E-state index contributed by atoms with van der Waals surface area (Å²) in [5.41, 5.74) is 0.723. The molecule has 0 aromatic heterocycles. The molecule has 1 saturated carbocycles. The van der Waals surface area contributed by atoms with Gasteiger partial charge in [0.25, 0.3) is 5.69 Å². The molecule has 0 spiro atoms. The van der Waals surface area contributed by atoms with E-state index < -0.39 is 4.92 Å². The van der Waals surface area contributed by atoms with Crippen molar-refractivity contribution in [3.05, 3.63) is 28.3 Å². The van der Waals surface area contributed by atoms with Gasteiger partial charge in [0, 0.05) is 24.8 Å². The molecule has 6 nitrogen and oxygen atoms in total. The fraction of sp³-hybridized carbons (Fsp3) is 0.538. The highest BCUT2D eigenvalue weighted by atomic mass is 16.6. The summed E-state index contributed by atoms with van der Waals surface area (Å²) < 4.78 is 10.7. The Kier molecular flexibility index (Phi) is 4.21. The minimum atomic E-state index is -0.408. The molecule has 2 rings (SSSR count). The summed E-state index contributed by atoms with van der Waals surface area (Å²) in [5.74, 6) is 0.616. The van der Waals surface area contributed by atoms with Crippen molar-refractivity contribution in [1.29, 1.82) is 0 Å². The van der Waals surface area contributed by atoms with Crippen molar-refractivity contribution in [1.82, 2.24) is 0 Å². The van der Waals surface area contributed by atoms with Gasteiger partial charge in [0.05, 0.1) is 23.8 Å². The Morgan fingerprint density at radius 2 is 2.21 bits per heavy atom. The first-order valence-electron chi connectivity index (χ1n) is 6.34. The number of nitrogens with zero attached hydrogens (tertiary/aromatic N) is 1. The van der Waals surface area contributed by atoms with Crippen LogP contribution >= 0.6 is 0 Å². The van der Waals surface area contributed by atoms with E-state index in [9.17, 15) is 10.1 Å². The van der Waals surface area contributed by atoms with Crippen LogP contribution in [0.25, 0.3) is 0 Å². The van der Waals surface area contributed by atoms with Crippen LogP contribution < -0.4 is 10.1 Å². The number of non-ortho nitro benzene ring substituents is 1. The smallest absolute Gasteiger partial charge is 0.271 e. The van der Waals surface area contributed by atoms with E-state index in [1.807, 2.05) is 6.92 Å². The Hall–Kier alpha value is -1.82. The molecule has 6 heteroatoms. The second-order valence-corrected chi connectivity index (χ2v) is 4.53. The summed E-state index contributed by atoms with van der Waals surface area (Å²) in [6.45, 7) is 2.70. The maximum Gasteiger partial charge on any atom is 0.271 e. The van der Waals surface area contributed by atoms with Crippen LogP contribution in [0, 0.1) is 10.1 Å². The largest absolute Gasteiger partial charge is 0.495 e. The van der Waals surface area contributed by atoms with Gasteiger partial charge in [0.15, 0.2) is 0 Å². The number of benzene rings is 1. The van der Waals surface area contributed by atoms with Gasteiger partial charge in [-0.25, -0.2) is 0 Å². The van der Waals surface area contributed by atoms with E-state index in [0.29, 0.717) is 17.5 Å². The Balaban J connectivity index is 2.03. The topological polar surface area (TPSA) is 73.6 Å². The fourth-order valence-electron chi connectivity index (χ4n) is 2.20. The Bertz CT molecular complexity index is 458. The van der Waals surface area contributed by atoms with E-state index in [4.69, 9.17) is 9.47 Å². The van der Waals surface area contributed by atoms with E-state index in [0.717, 1.165) is 19.4 Å². The zero-order valence-electron chi connectivity index (χ0n) is 11.1. The molecule has 1 aliphatic carbocycles. The van der Waals surface area contributed by atoms with E-state index in [1.165, 1.54) is 12.1 Å². The highest BCUT2D eigenvalue weighted by Crippen LogP contribution is 2.33. The number of hydrogen-bond donors (Lipinski definition) is 1. The van der Waals surface area contributed by atoms with Gasteiger partial charge in [-0.05, 0) is 25.8 Å². The van der Waals surface area contributed by atoms with Gasteiger partial charge in [0.2, 0.25) is 0 Å². The molecule has 0 heterocycles. The molecule has 1 fully saturated rings. The van der Waals surface area contributed by atoms with Crippen molar-refractivity contribution in [3.8, 4) is 5.75 Å². The average molecular weight is 266 g/mol. The highest BCUT2D eigenvalue weighted by Gasteiger charge is 2.30. The first-order valence-corrected chi connectivity index (χ1v) is 6.34. The summed E-state index contributed by atoms with van der Waals surface area (Å²) in [7, 11) is 1.55. The number of ether oxygens (including phenoxy) is 2. The van der Waals surface area contributed by atoms with Gasteiger partial charge < -0.3 is 14.8 Å². The third-order valence-corrected chi connectivity index (χ3v) is 3.25. The van der Waals surface area contributed by atoms with Crippen LogP contribution in [0.15, 0.2) is 18.2 Å². The highest BCUT2D eigenvalue weighted by molar-refractivity contribution is 5.62. The summed E-state index contributed by atoms with van der Waals surface area (Å²) in [4.78, 5) is 10.4. The lowest BCUT2D eigenvalue weighted by molar-refractivity contribution is -0.384. The molecule has 1 aliphatic rings.